The van der Waals surface area contributed by atoms with Crippen molar-refractivity contribution in [3.8, 4) is 0 Å². The summed E-state index contributed by atoms with van der Waals surface area (Å²) in [6.45, 7) is 1.58. The summed E-state index contributed by atoms with van der Waals surface area (Å²) in [5, 5.41) is 18.0. The van der Waals surface area contributed by atoms with Gasteiger partial charge in [-0.1, -0.05) is 24.3 Å². The Bertz CT molecular complexity index is 820. The van der Waals surface area contributed by atoms with Crippen molar-refractivity contribution in [3.05, 3.63) is 70.8 Å². The van der Waals surface area contributed by atoms with E-state index in [2.05, 4.69) is 0 Å². The highest BCUT2D eigenvalue weighted by molar-refractivity contribution is 5.88. The lowest BCUT2D eigenvalue weighted by molar-refractivity contribution is -0.124. The molecule has 0 aliphatic heterocycles. The highest BCUT2D eigenvalue weighted by atomic mass is 16.4. The molecule has 2 N–H and O–H groups in total. The maximum absolute atomic E-state index is 11.9. The van der Waals surface area contributed by atoms with Crippen molar-refractivity contribution < 1.29 is 24.6 Å². The Morgan fingerprint density at radius 2 is 1.24 bits per heavy atom. The number of carbonyl (C=O) groups is 3. The Labute approximate surface area is 144 Å². The molecule has 128 valence electrons. The Morgan fingerprint density at radius 3 is 1.64 bits per heavy atom. The maximum atomic E-state index is 11.9. The first-order chi connectivity index (χ1) is 11.9. The molecule has 0 bridgehead atoms. The van der Waals surface area contributed by atoms with Crippen LogP contribution in [0.15, 0.2) is 48.5 Å². The second-order valence-corrected chi connectivity index (χ2v) is 6.44. The molecule has 0 spiro atoms. The average Bonchev–Trinajstić information content (AvgIpc) is 2.54. The summed E-state index contributed by atoms with van der Waals surface area (Å²) < 4.78 is 0. The lowest BCUT2D eigenvalue weighted by Gasteiger charge is -2.44. The van der Waals surface area contributed by atoms with Gasteiger partial charge in [-0.2, -0.15) is 0 Å². The number of ketones is 1. The third kappa shape index (κ3) is 3.18. The van der Waals surface area contributed by atoms with Crippen LogP contribution in [-0.2, 0) is 4.79 Å². The molecule has 3 rings (SSSR count). The number of carboxylic acids is 2. The smallest absolute Gasteiger partial charge is 0.335 e. The Morgan fingerprint density at radius 1 is 0.800 bits per heavy atom. The maximum Gasteiger partial charge on any atom is 0.335 e. The standard InChI is InChI=1S/C20H18O5/c1-11(21)16-10-17(12-2-6-14(7-3-12)19(22)23)18(16)13-4-8-15(9-5-13)20(24)25/h2-9,16-18H,10H2,1H3,(H,22,23)(H,24,25)/t16-,17-,18-/m1/s1. The molecule has 0 unspecified atom stereocenters. The predicted octanol–water partition coefficient (Wildman–Crippen LogP) is 3.56. The van der Waals surface area contributed by atoms with E-state index in [0.717, 1.165) is 11.1 Å². The minimum Gasteiger partial charge on any atom is -0.478 e. The monoisotopic (exact) mass is 338 g/mol. The molecule has 3 atom stereocenters. The summed E-state index contributed by atoms with van der Waals surface area (Å²) in [6, 6.07) is 13.4. The number of Topliss-reactive ketones (excluding diaryl/α,β-unsaturated/α-hetero) is 1. The quantitative estimate of drug-likeness (QED) is 0.870. The number of benzene rings is 2. The topological polar surface area (TPSA) is 91.7 Å². The van der Waals surface area contributed by atoms with Crippen LogP contribution in [-0.4, -0.2) is 27.9 Å². The summed E-state index contributed by atoms with van der Waals surface area (Å²) >= 11 is 0. The molecule has 0 aromatic heterocycles. The normalized spacial score (nSPS) is 22.0. The molecular weight excluding hydrogens is 320 g/mol. The number of rotatable bonds is 5. The van der Waals surface area contributed by atoms with Crippen LogP contribution < -0.4 is 0 Å². The molecule has 1 saturated carbocycles. The zero-order valence-electron chi connectivity index (χ0n) is 13.7. The number of aromatic carboxylic acids is 2. The van der Waals surface area contributed by atoms with E-state index < -0.39 is 11.9 Å². The Kier molecular flexibility index (Phi) is 4.40. The van der Waals surface area contributed by atoms with Crippen LogP contribution >= 0.6 is 0 Å². The Hall–Kier alpha value is -2.95. The Balaban J connectivity index is 1.90. The number of hydrogen-bond donors (Lipinski definition) is 2. The fraction of sp³-hybridized carbons (Fsp3) is 0.250. The van der Waals surface area contributed by atoms with Gasteiger partial charge in [0.05, 0.1) is 11.1 Å². The van der Waals surface area contributed by atoms with Crippen LogP contribution in [0.2, 0.25) is 0 Å². The van der Waals surface area contributed by atoms with Gasteiger partial charge >= 0.3 is 11.9 Å². The van der Waals surface area contributed by atoms with E-state index in [-0.39, 0.29) is 34.7 Å². The molecule has 1 aliphatic carbocycles. The molecule has 1 fully saturated rings. The zero-order chi connectivity index (χ0) is 18.1. The van der Waals surface area contributed by atoms with Gasteiger partial charge < -0.3 is 10.2 Å². The predicted molar refractivity (Wildman–Crippen MR) is 91.1 cm³/mol. The van der Waals surface area contributed by atoms with E-state index in [0.29, 0.717) is 6.42 Å². The lowest BCUT2D eigenvalue weighted by atomic mass is 9.58. The average molecular weight is 338 g/mol. The van der Waals surface area contributed by atoms with Crippen LogP contribution in [0.3, 0.4) is 0 Å². The number of carbonyl (C=O) groups excluding carboxylic acids is 1. The zero-order valence-corrected chi connectivity index (χ0v) is 13.7. The van der Waals surface area contributed by atoms with Crippen molar-refractivity contribution in [2.75, 3.05) is 0 Å². The van der Waals surface area contributed by atoms with E-state index in [4.69, 9.17) is 10.2 Å². The van der Waals surface area contributed by atoms with Gasteiger partial charge in [0.2, 0.25) is 0 Å². The minimum atomic E-state index is -0.982. The van der Waals surface area contributed by atoms with Crippen molar-refractivity contribution >= 4 is 17.7 Å². The van der Waals surface area contributed by atoms with Gasteiger partial charge in [-0.25, -0.2) is 9.59 Å². The van der Waals surface area contributed by atoms with E-state index in [9.17, 15) is 14.4 Å². The van der Waals surface area contributed by atoms with Crippen LogP contribution in [0, 0.1) is 5.92 Å². The first-order valence-electron chi connectivity index (χ1n) is 8.05. The van der Waals surface area contributed by atoms with Crippen molar-refractivity contribution in [1.29, 1.82) is 0 Å². The molecule has 2 aromatic carbocycles. The third-order valence-corrected chi connectivity index (χ3v) is 5.03. The van der Waals surface area contributed by atoms with Crippen molar-refractivity contribution in [2.24, 2.45) is 5.92 Å². The van der Waals surface area contributed by atoms with Crippen LogP contribution in [0.1, 0.15) is 57.0 Å². The number of hydrogen-bond acceptors (Lipinski definition) is 3. The van der Waals surface area contributed by atoms with E-state index in [1.807, 2.05) is 0 Å². The van der Waals surface area contributed by atoms with Gasteiger partial charge in [-0.3, -0.25) is 4.79 Å². The van der Waals surface area contributed by atoms with Crippen molar-refractivity contribution in [1.82, 2.24) is 0 Å². The third-order valence-electron chi connectivity index (χ3n) is 5.03. The molecule has 5 nitrogen and oxygen atoms in total. The van der Waals surface area contributed by atoms with E-state index in [1.54, 1.807) is 55.5 Å². The molecule has 0 amide bonds. The van der Waals surface area contributed by atoms with Crippen LogP contribution in [0.25, 0.3) is 0 Å². The second-order valence-electron chi connectivity index (χ2n) is 6.44. The van der Waals surface area contributed by atoms with Gasteiger partial charge in [0.1, 0.15) is 5.78 Å². The first kappa shape index (κ1) is 16.9. The molecule has 5 heteroatoms. The van der Waals surface area contributed by atoms with Crippen molar-refractivity contribution in [3.63, 3.8) is 0 Å². The van der Waals surface area contributed by atoms with Gasteiger partial charge in [0.15, 0.2) is 0 Å². The number of carboxylic acid groups (broad SMARTS) is 2. The molecule has 25 heavy (non-hydrogen) atoms. The molecule has 0 heterocycles. The fourth-order valence-corrected chi connectivity index (χ4v) is 3.60. The second kappa shape index (κ2) is 6.51. The van der Waals surface area contributed by atoms with E-state index >= 15 is 0 Å². The van der Waals surface area contributed by atoms with Crippen LogP contribution in [0.4, 0.5) is 0 Å². The van der Waals surface area contributed by atoms with Gasteiger partial charge in [-0.05, 0) is 54.7 Å². The van der Waals surface area contributed by atoms with Gasteiger partial charge in [-0.15, -0.1) is 0 Å². The summed E-state index contributed by atoms with van der Waals surface area (Å²) in [6.07, 6.45) is 0.715. The molecule has 1 aliphatic rings. The highest BCUT2D eigenvalue weighted by Gasteiger charge is 2.44. The van der Waals surface area contributed by atoms with E-state index in [1.165, 1.54) is 0 Å². The molecule has 0 radical (unpaired) electrons. The van der Waals surface area contributed by atoms with Crippen molar-refractivity contribution in [2.45, 2.75) is 25.2 Å². The highest BCUT2D eigenvalue weighted by Crippen LogP contribution is 2.53. The molecule has 2 aromatic rings. The summed E-state index contributed by atoms with van der Waals surface area (Å²) in [5.41, 5.74) is 2.37. The lowest BCUT2D eigenvalue weighted by Crippen LogP contribution is -2.37. The minimum absolute atomic E-state index is 0.0176. The summed E-state index contributed by atoms with van der Waals surface area (Å²) in [7, 11) is 0. The first-order valence-corrected chi connectivity index (χ1v) is 8.05. The summed E-state index contributed by atoms with van der Waals surface area (Å²) in [4.78, 5) is 33.9. The van der Waals surface area contributed by atoms with Gasteiger partial charge in [0.25, 0.3) is 0 Å². The largest absolute Gasteiger partial charge is 0.478 e. The van der Waals surface area contributed by atoms with Crippen LogP contribution in [0.5, 0.6) is 0 Å². The fourth-order valence-electron chi connectivity index (χ4n) is 3.60. The SMILES string of the molecule is CC(=O)[C@H]1C[C@H](c2ccc(C(=O)O)cc2)[C@@H]1c1ccc(C(=O)O)cc1. The molecular formula is C20H18O5. The summed E-state index contributed by atoms with van der Waals surface area (Å²) in [5.74, 6) is -1.83. The molecule has 0 saturated heterocycles. The van der Waals surface area contributed by atoms with Gasteiger partial charge in [0, 0.05) is 11.8 Å².